The molecule has 1 fully saturated rings. The van der Waals surface area contributed by atoms with Gasteiger partial charge in [0.1, 0.15) is 4.99 Å². The van der Waals surface area contributed by atoms with Crippen LogP contribution in [0.25, 0.3) is 0 Å². The summed E-state index contributed by atoms with van der Waals surface area (Å²) in [4.78, 5) is 2.73. The quantitative estimate of drug-likeness (QED) is 0.865. The predicted molar refractivity (Wildman–Crippen MR) is 80.6 cm³/mol. The summed E-state index contributed by atoms with van der Waals surface area (Å²) in [6.45, 7) is 1.09. The Kier molecular flexibility index (Phi) is 4.05. The molecule has 1 aromatic carbocycles. The molecule has 0 saturated heterocycles. The number of hydrogen-bond donors (Lipinski definition) is 1. The van der Waals surface area contributed by atoms with Gasteiger partial charge in [-0.15, -0.1) is 0 Å². The molecular formula is C13H17BrN2S. The lowest BCUT2D eigenvalue weighted by Crippen LogP contribution is -2.30. The summed E-state index contributed by atoms with van der Waals surface area (Å²) < 4.78 is 1.01. The molecule has 1 aliphatic rings. The van der Waals surface area contributed by atoms with Crippen molar-refractivity contribution >= 4 is 38.8 Å². The van der Waals surface area contributed by atoms with E-state index in [2.05, 4.69) is 33.9 Å². The van der Waals surface area contributed by atoms with Crippen molar-refractivity contribution in [3.05, 3.63) is 28.2 Å². The van der Waals surface area contributed by atoms with Crippen LogP contribution in [-0.2, 0) is 0 Å². The van der Waals surface area contributed by atoms with Crippen LogP contribution in [-0.4, -0.2) is 18.6 Å². The summed E-state index contributed by atoms with van der Waals surface area (Å²) in [6, 6.07) is 6.11. The fourth-order valence-electron chi connectivity index (χ4n) is 2.20. The molecule has 0 spiro atoms. The Labute approximate surface area is 116 Å². The summed E-state index contributed by atoms with van der Waals surface area (Å²) in [7, 11) is 2.11. The monoisotopic (exact) mass is 312 g/mol. The minimum Gasteiger partial charge on any atom is -0.389 e. The lowest BCUT2D eigenvalue weighted by Gasteiger charge is -2.32. The molecule has 4 heteroatoms. The smallest absolute Gasteiger partial charge is 0.106 e. The van der Waals surface area contributed by atoms with Gasteiger partial charge >= 0.3 is 0 Å². The summed E-state index contributed by atoms with van der Waals surface area (Å²) >= 11 is 8.57. The molecule has 2 nitrogen and oxygen atoms in total. The minimum absolute atomic E-state index is 0.460. The number of thiocarbonyl (C=S) groups is 1. The molecule has 92 valence electrons. The van der Waals surface area contributed by atoms with Gasteiger partial charge in [-0.05, 0) is 37.0 Å². The molecule has 1 aliphatic carbocycles. The van der Waals surface area contributed by atoms with Crippen LogP contribution in [0.4, 0.5) is 5.69 Å². The Balaban J connectivity index is 2.20. The lowest BCUT2D eigenvalue weighted by atomic mass is 9.85. The number of halogens is 1. The number of nitrogens with two attached hydrogens (primary N) is 1. The van der Waals surface area contributed by atoms with Crippen LogP contribution in [0, 0.1) is 5.92 Å². The highest BCUT2D eigenvalue weighted by atomic mass is 79.9. The van der Waals surface area contributed by atoms with Crippen molar-refractivity contribution in [1.82, 2.24) is 0 Å². The van der Waals surface area contributed by atoms with Gasteiger partial charge in [0.25, 0.3) is 0 Å². The molecule has 0 radical (unpaired) electrons. The molecule has 1 saturated carbocycles. The van der Waals surface area contributed by atoms with E-state index in [0.717, 1.165) is 28.2 Å². The normalized spacial score (nSPS) is 15.4. The number of rotatable bonds is 4. The van der Waals surface area contributed by atoms with Crippen molar-refractivity contribution in [2.75, 3.05) is 18.5 Å². The zero-order valence-corrected chi connectivity index (χ0v) is 12.4. The molecular weight excluding hydrogens is 296 g/mol. The third kappa shape index (κ3) is 2.99. The van der Waals surface area contributed by atoms with E-state index >= 15 is 0 Å². The van der Waals surface area contributed by atoms with E-state index in [1.54, 1.807) is 0 Å². The fourth-order valence-corrected chi connectivity index (χ4v) is 2.72. The number of benzene rings is 1. The summed E-state index contributed by atoms with van der Waals surface area (Å²) in [6.07, 6.45) is 4.08. The Morgan fingerprint density at radius 3 is 2.76 bits per heavy atom. The maximum atomic E-state index is 5.78. The van der Waals surface area contributed by atoms with Crippen LogP contribution in [0.2, 0.25) is 0 Å². The Morgan fingerprint density at radius 2 is 2.24 bits per heavy atom. The second-order valence-corrected chi connectivity index (χ2v) is 6.06. The first-order valence-corrected chi connectivity index (χ1v) is 7.08. The first-order valence-electron chi connectivity index (χ1n) is 5.88. The van der Waals surface area contributed by atoms with Gasteiger partial charge in [-0.2, -0.15) is 0 Å². The van der Waals surface area contributed by atoms with Gasteiger partial charge in [0, 0.05) is 29.3 Å². The van der Waals surface area contributed by atoms with Gasteiger partial charge in [0.2, 0.25) is 0 Å². The van der Waals surface area contributed by atoms with Gasteiger partial charge in [0.05, 0.1) is 0 Å². The Morgan fingerprint density at radius 1 is 1.53 bits per heavy atom. The third-order valence-corrected chi connectivity index (χ3v) is 4.11. The lowest BCUT2D eigenvalue weighted by molar-refractivity contribution is 0.321. The van der Waals surface area contributed by atoms with Crippen LogP contribution in [0.5, 0.6) is 0 Å². The zero-order chi connectivity index (χ0) is 12.4. The zero-order valence-electron chi connectivity index (χ0n) is 9.95. The van der Waals surface area contributed by atoms with E-state index in [9.17, 15) is 0 Å². The maximum absolute atomic E-state index is 5.78. The van der Waals surface area contributed by atoms with Crippen LogP contribution >= 0.6 is 28.1 Å². The minimum atomic E-state index is 0.460. The van der Waals surface area contributed by atoms with E-state index in [4.69, 9.17) is 18.0 Å². The van der Waals surface area contributed by atoms with Crippen LogP contribution in [0.3, 0.4) is 0 Å². The second kappa shape index (κ2) is 5.36. The molecule has 0 heterocycles. The van der Waals surface area contributed by atoms with Crippen LogP contribution in [0.1, 0.15) is 24.8 Å². The molecule has 0 aromatic heterocycles. The van der Waals surface area contributed by atoms with Crippen LogP contribution in [0.15, 0.2) is 22.7 Å². The summed E-state index contributed by atoms with van der Waals surface area (Å²) in [5.41, 5.74) is 7.87. The Bertz CT molecular complexity index is 429. The Hall–Kier alpha value is -0.610. The van der Waals surface area contributed by atoms with Crippen molar-refractivity contribution < 1.29 is 0 Å². The fraction of sp³-hybridized carbons (Fsp3) is 0.462. The van der Waals surface area contributed by atoms with Gasteiger partial charge in [-0.1, -0.05) is 34.6 Å². The third-order valence-electron chi connectivity index (χ3n) is 3.39. The molecule has 0 bridgehead atoms. The first-order chi connectivity index (χ1) is 8.08. The molecule has 2 N–H and O–H groups in total. The van der Waals surface area contributed by atoms with Crippen molar-refractivity contribution in [3.63, 3.8) is 0 Å². The number of nitrogens with zero attached hydrogens (tertiary/aromatic N) is 1. The predicted octanol–water partition coefficient (Wildman–Crippen LogP) is 3.32. The highest BCUT2D eigenvalue weighted by Gasteiger charge is 2.20. The van der Waals surface area contributed by atoms with E-state index in [-0.39, 0.29) is 0 Å². The summed E-state index contributed by atoms with van der Waals surface area (Å²) in [5.74, 6) is 0.836. The first kappa shape index (κ1) is 12.8. The molecule has 17 heavy (non-hydrogen) atoms. The van der Waals surface area contributed by atoms with Crippen molar-refractivity contribution in [1.29, 1.82) is 0 Å². The highest BCUT2D eigenvalue weighted by Crippen LogP contribution is 2.30. The molecule has 0 aliphatic heterocycles. The van der Waals surface area contributed by atoms with Crippen molar-refractivity contribution in [3.8, 4) is 0 Å². The van der Waals surface area contributed by atoms with Gasteiger partial charge < -0.3 is 10.6 Å². The topological polar surface area (TPSA) is 29.3 Å². The molecule has 1 aromatic rings. The molecule has 0 unspecified atom stereocenters. The largest absolute Gasteiger partial charge is 0.389 e. The molecule has 0 amide bonds. The number of hydrogen-bond acceptors (Lipinski definition) is 2. The summed E-state index contributed by atoms with van der Waals surface area (Å²) in [5, 5.41) is 0. The van der Waals surface area contributed by atoms with E-state index in [1.807, 2.05) is 12.1 Å². The standard InChI is InChI=1S/C13H17BrN2S/c1-16(8-9-3-2-4-9)12-6-5-10(14)7-11(12)13(15)17/h5-7,9H,2-4,8H2,1H3,(H2,15,17). The van der Waals surface area contributed by atoms with Gasteiger partial charge in [-0.3, -0.25) is 0 Å². The SMILES string of the molecule is CN(CC1CCC1)c1ccc(Br)cc1C(N)=S. The van der Waals surface area contributed by atoms with E-state index in [0.29, 0.717) is 4.99 Å². The average Bonchev–Trinajstić information content (AvgIpc) is 2.23. The second-order valence-electron chi connectivity index (χ2n) is 4.70. The molecule has 2 rings (SSSR count). The highest BCUT2D eigenvalue weighted by molar-refractivity contribution is 9.10. The maximum Gasteiger partial charge on any atom is 0.106 e. The van der Waals surface area contributed by atoms with Gasteiger partial charge in [-0.25, -0.2) is 0 Å². The van der Waals surface area contributed by atoms with Crippen LogP contribution < -0.4 is 10.6 Å². The average molecular weight is 313 g/mol. The van der Waals surface area contributed by atoms with Crippen molar-refractivity contribution in [2.24, 2.45) is 11.7 Å². The number of anilines is 1. The van der Waals surface area contributed by atoms with Crippen molar-refractivity contribution in [2.45, 2.75) is 19.3 Å². The van der Waals surface area contributed by atoms with E-state index in [1.165, 1.54) is 19.3 Å². The van der Waals surface area contributed by atoms with E-state index < -0.39 is 0 Å². The van der Waals surface area contributed by atoms with Gasteiger partial charge in [0.15, 0.2) is 0 Å². The molecule has 0 atom stereocenters.